The Morgan fingerprint density at radius 3 is 3.00 bits per heavy atom. The number of aliphatic imine (C=N–C) groups is 1. The van der Waals surface area contributed by atoms with Crippen LogP contribution in [0.5, 0.6) is 0 Å². The monoisotopic (exact) mass is 288 g/mol. The predicted molar refractivity (Wildman–Crippen MR) is 68.2 cm³/mol. The molecule has 0 N–H and O–H groups in total. The number of rotatable bonds is 1. The Labute approximate surface area is 100 Å². The summed E-state index contributed by atoms with van der Waals surface area (Å²) in [5.74, 6) is 0. The molecule has 74 valence electrons. The number of hydrogen-bond donors (Lipinski definition) is 0. The topological polar surface area (TPSA) is 25.2 Å². The van der Waals surface area contributed by atoms with Gasteiger partial charge in [0.1, 0.15) is 10.4 Å². The van der Waals surface area contributed by atoms with Crippen LogP contribution in [0.1, 0.15) is 11.6 Å². The third-order valence-electron chi connectivity index (χ3n) is 1.91. The number of nitrogens with zero attached hydrogens (tertiary/aromatic N) is 2. The Balaban J connectivity index is 2.23. The minimum atomic E-state index is 0.205. The summed E-state index contributed by atoms with van der Waals surface area (Å²) in [5, 5.41) is 0. The van der Waals surface area contributed by atoms with Crippen LogP contribution in [-0.2, 0) is 0 Å². The van der Waals surface area contributed by atoms with Crippen LogP contribution in [-0.4, -0.2) is 19.8 Å². The lowest BCUT2D eigenvalue weighted by Crippen LogP contribution is -2.01. The highest BCUT2D eigenvalue weighted by Crippen LogP contribution is 2.43. The molecule has 2 unspecified atom stereocenters. The molecule has 1 aromatic rings. The van der Waals surface area contributed by atoms with Crippen molar-refractivity contribution in [1.82, 2.24) is 4.98 Å². The first-order chi connectivity index (χ1) is 6.81. The summed E-state index contributed by atoms with van der Waals surface area (Å²) in [6.07, 6.45) is 5.72. The van der Waals surface area contributed by atoms with Gasteiger partial charge in [0.05, 0.1) is 4.16 Å². The quantitative estimate of drug-likeness (QED) is 0.742. The van der Waals surface area contributed by atoms with Crippen molar-refractivity contribution in [1.29, 1.82) is 0 Å². The molecule has 0 radical (unpaired) electrons. The lowest BCUT2D eigenvalue weighted by molar-refractivity contribution is 0.821. The molecule has 2 rings (SSSR count). The number of aromatic nitrogens is 1. The Morgan fingerprint density at radius 2 is 2.43 bits per heavy atom. The van der Waals surface area contributed by atoms with E-state index in [1.165, 1.54) is 5.56 Å². The van der Waals surface area contributed by atoms with Crippen LogP contribution in [0.3, 0.4) is 0 Å². The SMILES string of the molecule is CSC1=NC(c2cccnc2)C(Br)S1. The van der Waals surface area contributed by atoms with E-state index < -0.39 is 0 Å². The van der Waals surface area contributed by atoms with Crippen molar-refractivity contribution >= 4 is 43.8 Å². The van der Waals surface area contributed by atoms with Crippen molar-refractivity contribution in [2.24, 2.45) is 4.99 Å². The highest BCUT2D eigenvalue weighted by Gasteiger charge is 2.28. The summed E-state index contributed by atoms with van der Waals surface area (Å²) >= 11 is 7.10. The van der Waals surface area contributed by atoms with Crippen molar-refractivity contribution in [2.45, 2.75) is 10.2 Å². The van der Waals surface area contributed by atoms with E-state index in [2.05, 4.69) is 38.2 Å². The summed E-state index contributed by atoms with van der Waals surface area (Å²) in [6.45, 7) is 0. The van der Waals surface area contributed by atoms with Gasteiger partial charge in [0.15, 0.2) is 0 Å². The molecular formula is C9H9BrN2S2. The molecule has 0 amide bonds. The molecule has 0 bridgehead atoms. The first kappa shape index (κ1) is 10.5. The average molecular weight is 289 g/mol. The second kappa shape index (κ2) is 4.68. The van der Waals surface area contributed by atoms with E-state index in [-0.39, 0.29) is 6.04 Å². The summed E-state index contributed by atoms with van der Waals surface area (Å²) in [6, 6.07) is 4.22. The Bertz CT molecular complexity index is 342. The second-order valence-electron chi connectivity index (χ2n) is 2.80. The first-order valence-electron chi connectivity index (χ1n) is 4.13. The molecule has 2 atom stereocenters. The molecule has 1 aliphatic rings. The Morgan fingerprint density at radius 1 is 1.57 bits per heavy atom. The van der Waals surface area contributed by atoms with Crippen LogP contribution in [0.2, 0.25) is 0 Å². The van der Waals surface area contributed by atoms with Gasteiger partial charge in [-0.2, -0.15) is 0 Å². The van der Waals surface area contributed by atoms with Crippen LogP contribution in [0, 0.1) is 0 Å². The van der Waals surface area contributed by atoms with Crippen LogP contribution >= 0.6 is 39.5 Å². The molecule has 2 nitrogen and oxygen atoms in total. The molecule has 1 aromatic heterocycles. The molecule has 0 fully saturated rings. The van der Waals surface area contributed by atoms with Gasteiger partial charge < -0.3 is 0 Å². The van der Waals surface area contributed by atoms with Crippen LogP contribution in [0.25, 0.3) is 0 Å². The van der Waals surface area contributed by atoms with Gasteiger partial charge in [0.2, 0.25) is 0 Å². The van der Waals surface area contributed by atoms with E-state index in [1.807, 2.05) is 12.3 Å². The number of halogens is 1. The maximum atomic E-state index is 4.61. The van der Waals surface area contributed by atoms with Crippen molar-refractivity contribution in [3.05, 3.63) is 30.1 Å². The highest BCUT2D eigenvalue weighted by atomic mass is 79.9. The second-order valence-corrected chi connectivity index (χ2v) is 6.58. The molecular weight excluding hydrogens is 280 g/mol. The largest absolute Gasteiger partial charge is 0.264 e. The first-order valence-corrected chi connectivity index (χ1v) is 7.15. The molecule has 0 aliphatic carbocycles. The molecule has 0 aromatic carbocycles. The van der Waals surface area contributed by atoms with Crippen LogP contribution < -0.4 is 0 Å². The third kappa shape index (κ3) is 2.15. The molecule has 0 saturated heterocycles. The molecule has 0 saturated carbocycles. The maximum Gasteiger partial charge on any atom is 0.126 e. The minimum Gasteiger partial charge on any atom is -0.264 e. The van der Waals surface area contributed by atoms with Gasteiger partial charge in [0.25, 0.3) is 0 Å². The molecule has 14 heavy (non-hydrogen) atoms. The number of alkyl halides is 1. The van der Waals surface area contributed by atoms with Gasteiger partial charge in [0, 0.05) is 12.4 Å². The molecule has 5 heteroatoms. The Hall–Kier alpha value is 0. The normalized spacial score (nSPS) is 26.3. The maximum absolute atomic E-state index is 4.61. The number of pyridine rings is 1. The fraction of sp³-hybridized carbons (Fsp3) is 0.333. The van der Waals surface area contributed by atoms with Crippen molar-refractivity contribution in [3.8, 4) is 0 Å². The van der Waals surface area contributed by atoms with E-state index in [0.717, 1.165) is 4.38 Å². The summed E-state index contributed by atoms with van der Waals surface area (Å²) in [7, 11) is 0. The fourth-order valence-corrected chi connectivity index (χ4v) is 4.20. The van der Waals surface area contributed by atoms with Crippen LogP contribution in [0.4, 0.5) is 0 Å². The summed E-state index contributed by atoms with van der Waals surface area (Å²) < 4.78 is 1.48. The third-order valence-corrected chi connectivity index (χ3v) is 5.00. The smallest absolute Gasteiger partial charge is 0.126 e. The predicted octanol–water partition coefficient (Wildman–Crippen LogP) is 3.31. The Kier molecular flexibility index (Phi) is 3.52. The molecule has 2 heterocycles. The van der Waals surface area contributed by atoms with Crippen molar-refractivity contribution < 1.29 is 0 Å². The summed E-state index contributed by atoms with van der Waals surface area (Å²) in [5.41, 5.74) is 1.17. The van der Waals surface area contributed by atoms with Gasteiger partial charge in [-0.05, 0) is 17.9 Å². The van der Waals surface area contributed by atoms with Gasteiger partial charge >= 0.3 is 0 Å². The van der Waals surface area contributed by atoms with Crippen molar-refractivity contribution in [2.75, 3.05) is 6.26 Å². The van der Waals surface area contributed by atoms with E-state index >= 15 is 0 Å². The standard InChI is InChI=1S/C9H9BrN2S2/c1-13-9-12-7(8(10)14-9)6-3-2-4-11-5-6/h2-5,7-8H,1H3. The zero-order valence-corrected chi connectivity index (χ0v) is 10.8. The van der Waals surface area contributed by atoms with Crippen LogP contribution in [0.15, 0.2) is 29.5 Å². The molecule has 0 spiro atoms. The molecule has 1 aliphatic heterocycles. The van der Waals surface area contributed by atoms with E-state index in [4.69, 9.17) is 0 Å². The lowest BCUT2D eigenvalue weighted by Gasteiger charge is -2.09. The zero-order chi connectivity index (χ0) is 9.97. The lowest BCUT2D eigenvalue weighted by atomic mass is 10.1. The number of hydrogen-bond acceptors (Lipinski definition) is 4. The summed E-state index contributed by atoms with van der Waals surface area (Å²) in [4.78, 5) is 8.72. The van der Waals surface area contributed by atoms with E-state index in [0.29, 0.717) is 4.16 Å². The fourth-order valence-electron chi connectivity index (χ4n) is 1.24. The van der Waals surface area contributed by atoms with Gasteiger partial charge in [-0.15, -0.1) is 11.8 Å². The minimum absolute atomic E-state index is 0.205. The van der Waals surface area contributed by atoms with Gasteiger partial charge in [-0.1, -0.05) is 33.8 Å². The van der Waals surface area contributed by atoms with Gasteiger partial charge in [-0.25, -0.2) is 0 Å². The average Bonchev–Trinajstić information content (AvgIpc) is 2.61. The van der Waals surface area contributed by atoms with E-state index in [1.54, 1.807) is 29.7 Å². The van der Waals surface area contributed by atoms with Crippen molar-refractivity contribution in [3.63, 3.8) is 0 Å². The van der Waals surface area contributed by atoms with E-state index in [9.17, 15) is 0 Å². The zero-order valence-electron chi connectivity index (χ0n) is 7.55. The van der Waals surface area contributed by atoms with Gasteiger partial charge in [-0.3, -0.25) is 9.98 Å². The number of thioether (sulfide) groups is 2. The highest BCUT2D eigenvalue weighted by molar-refractivity contribution is 9.11.